The van der Waals surface area contributed by atoms with Crippen LogP contribution in [0.25, 0.3) is 0 Å². The molecule has 0 amide bonds. The van der Waals surface area contributed by atoms with Gasteiger partial charge < -0.3 is 25.5 Å². The molecular formula is C25H39N7O. The van der Waals surface area contributed by atoms with Crippen LogP contribution in [0.2, 0.25) is 0 Å². The predicted molar refractivity (Wildman–Crippen MR) is 134 cm³/mol. The zero-order chi connectivity index (χ0) is 22.9. The molecule has 1 aliphatic heterocycles. The summed E-state index contributed by atoms with van der Waals surface area (Å²) in [5.74, 6) is 3.33. The molecule has 0 atom stereocenters. The maximum atomic E-state index is 9.48. The van der Waals surface area contributed by atoms with Crippen molar-refractivity contribution in [2.75, 3.05) is 61.4 Å². The molecule has 3 N–H and O–H groups in total. The third-order valence-electron chi connectivity index (χ3n) is 6.82. The lowest BCUT2D eigenvalue weighted by atomic mass is 9.86. The first kappa shape index (κ1) is 23.5. The number of phenols is 1. The van der Waals surface area contributed by atoms with Crippen molar-refractivity contribution in [3.63, 3.8) is 0 Å². The van der Waals surface area contributed by atoms with Crippen molar-refractivity contribution in [1.29, 1.82) is 0 Å². The summed E-state index contributed by atoms with van der Waals surface area (Å²) in [6.07, 6.45) is 10.3. The molecule has 0 radical (unpaired) electrons. The van der Waals surface area contributed by atoms with E-state index in [9.17, 15) is 5.11 Å². The molecule has 2 aromatic rings. The number of hydrogen-bond donors (Lipinski definition) is 3. The Bertz CT molecular complexity index is 848. The van der Waals surface area contributed by atoms with Crippen molar-refractivity contribution in [3.05, 3.63) is 29.8 Å². The second-order valence-corrected chi connectivity index (χ2v) is 9.41. The van der Waals surface area contributed by atoms with E-state index in [1.54, 1.807) is 12.1 Å². The first-order valence-corrected chi connectivity index (χ1v) is 12.6. The molecule has 8 heteroatoms. The van der Waals surface area contributed by atoms with E-state index in [1.807, 2.05) is 12.1 Å². The maximum absolute atomic E-state index is 9.48. The molecule has 1 saturated heterocycles. The Balaban J connectivity index is 1.38. The quantitative estimate of drug-likeness (QED) is 0.504. The monoisotopic (exact) mass is 453 g/mol. The molecule has 8 nitrogen and oxygen atoms in total. The van der Waals surface area contributed by atoms with Gasteiger partial charge in [-0.05, 0) is 42.9 Å². The van der Waals surface area contributed by atoms with Gasteiger partial charge in [0.25, 0.3) is 0 Å². The summed E-state index contributed by atoms with van der Waals surface area (Å²) < 4.78 is 0. The van der Waals surface area contributed by atoms with Crippen LogP contribution in [0.1, 0.15) is 50.5 Å². The van der Waals surface area contributed by atoms with Crippen LogP contribution < -0.4 is 20.4 Å². The smallest absolute Gasteiger partial charge is 0.232 e. The summed E-state index contributed by atoms with van der Waals surface area (Å²) in [5, 5.41) is 16.3. The van der Waals surface area contributed by atoms with Gasteiger partial charge in [0.1, 0.15) is 5.75 Å². The molecular weight excluding hydrogens is 414 g/mol. The molecule has 1 aromatic carbocycles. The van der Waals surface area contributed by atoms with Gasteiger partial charge >= 0.3 is 0 Å². The second kappa shape index (κ2) is 12.0. The minimum atomic E-state index is 0.293. The lowest BCUT2D eigenvalue weighted by Crippen LogP contribution is -2.44. The fourth-order valence-corrected chi connectivity index (χ4v) is 4.78. The van der Waals surface area contributed by atoms with E-state index in [0.29, 0.717) is 11.7 Å². The number of hydrogen-bond acceptors (Lipinski definition) is 8. The van der Waals surface area contributed by atoms with Gasteiger partial charge in [-0.15, -0.1) is 0 Å². The van der Waals surface area contributed by atoms with Gasteiger partial charge in [-0.25, -0.2) is 0 Å². The number of aromatic hydroxyl groups is 1. The Morgan fingerprint density at radius 2 is 1.82 bits per heavy atom. The van der Waals surface area contributed by atoms with Gasteiger partial charge in [0.2, 0.25) is 17.8 Å². The number of aromatic nitrogens is 3. The Hall–Kier alpha value is -2.61. The Morgan fingerprint density at radius 1 is 1.06 bits per heavy atom. The van der Waals surface area contributed by atoms with Crippen molar-refractivity contribution in [3.8, 4) is 5.75 Å². The van der Waals surface area contributed by atoms with Crippen LogP contribution in [0.15, 0.2) is 24.3 Å². The molecule has 2 fully saturated rings. The highest BCUT2D eigenvalue weighted by molar-refractivity contribution is 5.45. The van der Waals surface area contributed by atoms with E-state index in [4.69, 9.17) is 15.0 Å². The molecule has 4 rings (SSSR count). The normalized spacial score (nSPS) is 17.2. The first-order chi connectivity index (χ1) is 16.2. The van der Waals surface area contributed by atoms with E-state index in [-0.39, 0.29) is 0 Å². The van der Waals surface area contributed by atoms with Gasteiger partial charge in [0.05, 0.1) is 0 Å². The number of phenolic OH excluding ortho intramolecular Hbond substituents is 1. The summed E-state index contributed by atoms with van der Waals surface area (Å²) in [4.78, 5) is 18.7. The Kier molecular flexibility index (Phi) is 8.58. The van der Waals surface area contributed by atoms with Gasteiger partial charge in [0.15, 0.2) is 0 Å². The van der Waals surface area contributed by atoms with Crippen LogP contribution >= 0.6 is 0 Å². The van der Waals surface area contributed by atoms with Crippen LogP contribution in [0.3, 0.4) is 0 Å². The van der Waals surface area contributed by atoms with E-state index < -0.39 is 0 Å². The molecule has 2 heterocycles. The minimum Gasteiger partial charge on any atom is -0.508 e. The van der Waals surface area contributed by atoms with Crippen molar-refractivity contribution in [2.24, 2.45) is 5.92 Å². The third-order valence-corrected chi connectivity index (χ3v) is 6.82. The average Bonchev–Trinajstić information content (AvgIpc) is 2.86. The van der Waals surface area contributed by atoms with E-state index in [0.717, 1.165) is 69.1 Å². The van der Waals surface area contributed by atoms with Gasteiger partial charge in [-0.1, -0.05) is 44.2 Å². The number of benzene rings is 1. The van der Waals surface area contributed by atoms with Crippen LogP contribution in [0, 0.1) is 5.92 Å². The molecule has 180 valence electrons. The largest absolute Gasteiger partial charge is 0.508 e. The number of anilines is 3. The Labute approximate surface area is 197 Å². The predicted octanol–water partition coefficient (Wildman–Crippen LogP) is 3.44. The molecule has 2 aliphatic rings. The maximum Gasteiger partial charge on any atom is 0.232 e. The third kappa shape index (κ3) is 7.19. The van der Waals surface area contributed by atoms with Crippen molar-refractivity contribution in [2.45, 2.75) is 51.4 Å². The van der Waals surface area contributed by atoms with Crippen LogP contribution in [-0.4, -0.2) is 66.4 Å². The zero-order valence-electron chi connectivity index (χ0n) is 20.0. The van der Waals surface area contributed by atoms with E-state index >= 15 is 0 Å². The topological polar surface area (TPSA) is 89.4 Å². The molecule has 0 spiro atoms. The fraction of sp³-hybridized carbons (Fsp3) is 0.640. The lowest BCUT2D eigenvalue weighted by molar-refractivity contribution is 0.333. The van der Waals surface area contributed by atoms with Crippen molar-refractivity contribution in [1.82, 2.24) is 20.3 Å². The van der Waals surface area contributed by atoms with Gasteiger partial charge in [-0.3, -0.25) is 0 Å². The second-order valence-electron chi connectivity index (χ2n) is 9.41. The average molecular weight is 454 g/mol. The van der Waals surface area contributed by atoms with Gasteiger partial charge in [-0.2, -0.15) is 15.0 Å². The highest BCUT2D eigenvalue weighted by Gasteiger charge is 2.18. The standard InChI is InChI=1S/C25H39N7O/c1-31(17-5-8-20-6-3-2-4-7-20)24-28-23(27-14-13-21-9-11-22(33)12-10-21)29-25(30-24)32-18-15-26-16-19-32/h9-12,20,26,33H,2-8,13-19H2,1H3,(H,27,28,29,30). The van der Waals surface area contributed by atoms with Gasteiger partial charge in [0, 0.05) is 46.3 Å². The fourth-order valence-electron chi connectivity index (χ4n) is 4.78. The summed E-state index contributed by atoms with van der Waals surface area (Å²) in [6, 6.07) is 7.34. The van der Waals surface area contributed by atoms with E-state index in [2.05, 4.69) is 27.5 Å². The molecule has 0 bridgehead atoms. The molecule has 1 aliphatic carbocycles. The first-order valence-electron chi connectivity index (χ1n) is 12.6. The summed E-state index contributed by atoms with van der Waals surface area (Å²) in [6.45, 7) is 5.39. The minimum absolute atomic E-state index is 0.293. The highest BCUT2D eigenvalue weighted by Crippen LogP contribution is 2.27. The highest BCUT2D eigenvalue weighted by atomic mass is 16.3. The lowest BCUT2D eigenvalue weighted by Gasteiger charge is -2.28. The SMILES string of the molecule is CN(CCCC1CCCCC1)c1nc(NCCc2ccc(O)cc2)nc(N2CCNCC2)n1. The summed E-state index contributed by atoms with van der Waals surface area (Å²) >= 11 is 0. The number of piperazine rings is 1. The molecule has 1 aromatic heterocycles. The van der Waals surface area contributed by atoms with Crippen molar-refractivity contribution < 1.29 is 5.11 Å². The summed E-state index contributed by atoms with van der Waals surface area (Å²) in [7, 11) is 2.10. The number of rotatable bonds is 10. The number of nitrogens with one attached hydrogen (secondary N) is 2. The molecule has 33 heavy (non-hydrogen) atoms. The van der Waals surface area contributed by atoms with Crippen molar-refractivity contribution >= 4 is 17.8 Å². The number of nitrogens with zero attached hydrogens (tertiary/aromatic N) is 5. The van der Waals surface area contributed by atoms with E-state index in [1.165, 1.54) is 44.9 Å². The molecule has 1 saturated carbocycles. The Morgan fingerprint density at radius 3 is 2.58 bits per heavy atom. The zero-order valence-corrected chi connectivity index (χ0v) is 20.0. The summed E-state index contributed by atoms with van der Waals surface area (Å²) in [5.41, 5.74) is 1.16. The molecule has 0 unspecified atom stereocenters. The van der Waals surface area contributed by atoms with Crippen LogP contribution in [0.5, 0.6) is 5.75 Å². The van der Waals surface area contributed by atoms with Crippen LogP contribution in [0.4, 0.5) is 17.8 Å². The van der Waals surface area contributed by atoms with Crippen LogP contribution in [-0.2, 0) is 6.42 Å².